The number of hydrogen-bond acceptors (Lipinski definition) is 2. The van der Waals surface area contributed by atoms with E-state index in [-0.39, 0.29) is 0 Å². The summed E-state index contributed by atoms with van der Waals surface area (Å²) in [5.74, 6) is 0.603. The van der Waals surface area contributed by atoms with Gasteiger partial charge in [-0.2, -0.15) is 0 Å². The fourth-order valence-corrected chi connectivity index (χ4v) is 1.39. The van der Waals surface area contributed by atoms with E-state index in [1.165, 1.54) is 6.42 Å². The minimum Gasteiger partial charge on any atom is -0.326 e. The highest BCUT2D eigenvalue weighted by molar-refractivity contribution is 4.94. The predicted octanol–water partition coefficient (Wildman–Crippen LogP) is 0.499. The summed E-state index contributed by atoms with van der Waals surface area (Å²) < 4.78 is 0. The van der Waals surface area contributed by atoms with Gasteiger partial charge in [-0.15, -0.1) is 0 Å². The molecule has 3 N–H and O–H groups in total. The maximum absolute atomic E-state index is 5.85. The van der Waals surface area contributed by atoms with Crippen molar-refractivity contribution in [1.29, 1.82) is 0 Å². The first-order chi connectivity index (χ1) is 4.84. The zero-order valence-electron chi connectivity index (χ0n) is 6.51. The van der Waals surface area contributed by atoms with Crippen LogP contribution >= 0.6 is 0 Å². The van der Waals surface area contributed by atoms with Gasteiger partial charge in [-0.3, -0.25) is 0 Å². The van der Waals surface area contributed by atoms with Crippen LogP contribution in [-0.4, -0.2) is 19.1 Å². The Hall–Kier alpha value is -0.340. The third-order valence-corrected chi connectivity index (χ3v) is 2.02. The van der Waals surface area contributed by atoms with Gasteiger partial charge < -0.3 is 11.1 Å². The van der Waals surface area contributed by atoms with Crippen LogP contribution in [0.15, 0.2) is 12.2 Å². The van der Waals surface area contributed by atoms with Crippen molar-refractivity contribution in [3.63, 3.8) is 0 Å². The van der Waals surface area contributed by atoms with E-state index in [1.54, 1.807) is 0 Å². The first-order valence-electron chi connectivity index (χ1n) is 3.93. The standard InChI is InChI=1S/C8H16N2/c1-2-3-7-4-5-10-6-8(7)9/h2-3,7-8,10H,4-6,9H2,1H3/b3-2-. The topological polar surface area (TPSA) is 38.0 Å². The zero-order chi connectivity index (χ0) is 7.40. The molecule has 0 aliphatic carbocycles. The summed E-state index contributed by atoms with van der Waals surface area (Å²) in [6.45, 7) is 4.13. The van der Waals surface area contributed by atoms with Gasteiger partial charge in [0.25, 0.3) is 0 Å². The Labute approximate surface area is 62.5 Å². The van der Waals surface area contributed by atoms with E-state index < -0.39 is 0 Å². The molecule has 0 aromatic carbocycles. The molecular formula is C8H16N2. The lowest BCUT2D eigenvalue weighted by atomic mass is 9.93. The highest BCUT2D eigenvalue weighted by Gasteiger charge is 2.17. The van der Waals surface area contributed by atoms with Gasteiger partial charge in [0.15, 0.2) is 0 Å². The molecule has 10 heavy (non-hydrogen) atoms. The normalized spacial score (nSPS) is 35.0. The first kappa shape index (κ1) is 7.76. The molecule has 58 valence electrons. The second-order valence-electron chi connectivity index (χ2n) is 2.85. The molecule has 1 saturated heterocycles. The van der Waals surface area contributed by atoms with Gasteiger partial charge in [-0.05, 0) is 25.8 Å². The number of allylic oxidation sites excluding steroid dienone is 1. The number of rotatable bonds is 1. The third-order valence-electron chi connectivity index (χ3n) is 2.02. The predicted molar refractivity (Wildman–Crippen MR) is 43.8 cm³/mol. The number of hydrogen-bond donors (Lipinski definition) is 2. The SMILES string of the molecule is C/C=C\C1CCNCC1N. The van der Waals surface area contributed by atoms with Crippen LogP contribution in [0.5, 0.6) is 0 Å². The number of nitrogens with two attached hydrogens (primary N) is 1. The monoisotopic (exact) mass is 140 g/mol. The number of piperidine rings is 1. The van der Waals surface area contributed by atoms with Crippen molar-refractivity contribution in [3.8, 4) is 0 Å². The van der Waals surface area contributed by atoms with Gasteiger partial charge >= 0.3 is 0 Å². The Morgan fingerprint density at radius 2 is 2.40 bits per heavy atom. The minimum absolute atomic E-state index is 0.324. The van der Waals surface area contributed by atoms with E-state index in [0.29, 0.717) is 12.0 Å². The largest absolute Gasteiger partial charge is 0.326 e. The fraction of sp³-hybridized carbons (Fsp3) is 0.750. The van der Waals surface area contributed by atoms with Crippen LogP contribution in [0.1, 0.15) is 13.3 Å². The van der Waals surface area contributed by atoms with Crippen molar-refractivity contribution in [3.05, 3.63) is 12.2 Å². The van der Waals surface area contributed by atoms with Crippen LogP contribution in [0, 0.1) is 5.92 Å². The average molecular weight is 140 g/mol. The van der Waals surface area contributed by atoms with Crippen molar-refractivity contribution in [2.45, 2.75) is 19.4 Å². The molecule has 2 heteroatoms. The zero-order valence-corrected chi connectivity index (χ0v) is 6.51. The third kappa shape index (κ3) is 1.82. The van der Waals surface area contributed by atoms with Crippen LogP contribution in [0.3, 0.4) is 0 Å². The summed E-state index contributed by atoms with van der Waals surface area (Å²) in [6.07, 6.45) is 5.49. The summed E-state index contributed by atoms with van der Waals surface area (Å²) in [7, 11) is 0. The van der Waals surface area contributed by atoms with Crippen molar-refractivity contribution >= 4 is 0 Å². The van der Waals surface area contributed by atoms with Gasteiger partial charge in [-0.1, -0.05) is 12.2 Å². The molecule has 0 aromatic rings. The summed E-state index contributed by atoms with van der Waals surface area (Å²) >= 11 is 0. The molecule has 1 rings (SSSR count). The van der Waals surface area contributed by atoms with E-state index in [1.807, 2.05) is 0 Å². The molecule has 1 aliphatic rings. The van der Waals surface area contributed by atoms with Crippen molar-refractivity contribution in [1.82, 2.24) is 5.32 Å². The van der Waals surface area contributed by atoms with Gasteiger partial charge in [0.2, 0.25) is 0 Å². The maximum atomic E-state index is 5.85. The smallest absolute Gasteiger partial charge is 0.0229 e. The molecule has 2 atom stereocenters. The highest BCUT2D eigenvalue weighted by atomic mass is 14.9. The molecule has 1 aliphatic heterocycles. The summed E-state index contributed by atoms with van der Waals surface area (Å²) in [5, 5.41) is 3.26. The minimum atomic E-state index is 0.324. The van der Waals surface area contributed by atoms with E-state index in [0.717, 1.165) is 13.1 Å². The molecule has 1 fully saturated rings. The van der Waals surface area contributed by atoms with Crippen LogP contribution in [0.2, 0.25) is 0 Å². The molecule has 0 aromatic heterocycles. The van der Waals surface area contributed by atoms with Gasteiger partial charge in [-0.25, -0.2) is 0 Å². The lowest BCUT2D eigenvalue weighted by Gasteiger charge is -2.26. The van der Waals surface area contributed by atoms with Crippen molar-refractivity contribution < 1.29 is 0 Å². The molecule has 2 unspecified atom stereocenters. The summed E-state index contributed by atoms with van der Waals surface area (Å²) in [4.78, 5) is 0. The van der Waals surface area contributed by atoms with Gasteiger partial charge in [0.05, 0.1) is 0 Å². The molecule has 2 nitrogen and oxygen atoms in total. The van der Waals surface area contributed by atoms with Gasteiger partial charge in [0, 0.05) is 12.6 Å². The Balaban J connectivity index is 2.39. The maximum Gasteiger partial charge on any atom is 0.0229 e. The van der Waals surface area contributed by atoms with Crippen LogP contribution in [0.4, 0.5) is 0 Å². The fourth-order valence-electron chi connectivity index (χ4n) is 1.39. The molecule has 0 bridgehead atoms. The molecule has 0 amide bonds. The summed E-state index contributed by atoms with van der Waals surface area (Å²) in [5.41, 5.74) is 5.85. The van der Waals surface area contributed by atoms with Crippen molar-refractivity contribution in [2.24, 2.45) is 11.7 Å². The quantitative estimate of drug-likeness (QED) is 0.520. The molecule has 0 radical (unpaired) electrons. The number of nitrogens with one attached hydrogen (secondary N) is 1. The Bertz CT molecular complexity index is 120. The molecule has 1 heterocycles. The van der Waals surface area contributed by atoms with Crippen LogP contribution in [-0.2, 0) is 0 Å². The molecule has 0 spiro atoms. The van der Waals surface area contributed by atoms with Crippen LogP contribution < -0.4 is 11.1 Å². The Morgan fingerprint density at radius 1 is 1.60 bits per heavy atom. The molecule has 0 saturated carbocycles. The molecular weight excluding hydrogens is 124 g/mol. The lowest BCUT2D eigenvalue weighted by molar-refractivity contribution is 0.379. The Morgan fingerprint density at radius 3 is 3.00 bits per heavy atom. The summed E-state index contributed by atoms with van der Waals surface area (Å²) in [6, 6.07) is 0.324. The van der Waals surface area contributed by atoms with E-state index in [2.05, 4.69) is 24.4 Å². The lowest BCUT2D eigenvalue weighted by Crippen LogP contribution is -2.45. The first-order valence-corrected chi connectivity index (χ1v) is 3.93. The van der Waals surface area contributed by atoms with Gasteiger partial charge in [0.1, 0.15) is 0 Å². The van der Waals surface area contributed by atoms with E-state index in [4.69, 9.17) is 5.73 Å². The van der Waals surface area contributed by atoms with E-state index in [9.17, 15) is 0 Å². The second kappa shape index (κ2) is 3.74. The highest BCUT2D eigenvalue weighted by Crippen LogP contribution is 2.11. The Kier molecular flexibility index (Phi) is 2.90. The van der Waals surface area contributed by atoms with Crippen LogP contribution in [0.25, 0.3) is 0 Å². The second-order valence-corrected chi connectivity index (χ2v) is 2.85. The van der Waals surface area contributed by atoms with Crippen molar-refractivity contribution in [2.75, 3.05) is 13.1 Å². The van der Waals surface area contributed by atoms with E-state index >= 15 is 0 Å². The average Bonchev–Trinajstić information content (AvgIpc) is 1.94.